The molecule has 3 nitrogen and oxygen atoms in total. The summed E-state index contributed by atoms with van der Waals surface area (Å²) in [6, 6.07) is 1.06. The van der Waals surface area contributed by atoms with Crippen LogP contribution in [0.4, 0.5) is 0 Å². The fourth-order valence-corrected chi connectivity index (χ4v) is 3.35. The molecule has 1 aliphatic heterocycles. The summed E-state index contributed by atoms with van der Waals surface area (Å²) >= 11 is 1.87. The van der Waals surface area contributed by atoms with Crippen molar-refractivity contribution in [3.63, 3.8) is 0 Å². The van der Waals surface area contributed by atoms with Gasteiger partial charge < -0.3 is 10.1 Å². The minimum Gasteiger partial charge on any atom is -0.381 e. The van der Waals surface area contributed by atoms with E-state index in [0.717, 1.165) is 18.0 Å². The van der Waals surface area contributed by atoms with Crippen molar-refractivity contribution in [3.05, 3.63) is 0 Å². The number of aliphatic imine (C=N–C) groups is 1. The van der Waals surface area contributed by atoms with Crippen molar-refractivity contribution in [1.82, 2.24) is 5.32 Å². The molecule has 2 fully saturated rings. The lowest BCUT2D eigenvalue weighted by atomic mass is 9.90. The Morgan fingerprint density at radius 3 is 2.67 bits per heavy atom. The molecular formula is C11H20N2OS. The zero-order valence-electron chi connectivity index (χ0n) is 9.69. The molecule has 2 atom stereocenters. The van der Waals surface area contributed by atoms with Gasteiger partial charge in [0.1, 0.15) is 0 Å². The molecule has 2 aliphatic rings. The molecule has 15 heavy (non-hydrogen) atoms. The first-order valence-electron chi connectivity index (χ1n) is 5.71. The molecule has 4 heteroatoms. The van der Waals surface area contributed by atoms with E-state index in [9.17, 15) is 0 Å². The molecular weight excluding hydrogens is 208 g/mol. The maximum Gasteiger partial charge on any atom is 0.157 e. The lowest BCUT2D eigenvalue weighted by molar-refractivity contribution is 0.0285. The summed E-state index contributed by atoms with van der Waals surface area (Å²) in [5.74, 6) is 0. The first-order valence-corrected chi connectivity index (χ1v) is 6.59. The van der Waals surface area contributed by atoms with Crippen LogP contribution in [-0.4, -0.2) is 35.7 Å². The van der Waals surface area contributed by atoms with Gasteiger partial charge in [0.05, 0.1) is 12.1 Å². The van der Waals surface area contributed by atoms with Crippen molar-refractivity contribution in [1.29, 1.82) is 0 Å². The van der Waals surface area contributed by atoms with Gasteiger partial charge in [0, 0.05) is 18.4 Å². The van der Waals surface area contributed by atoms with E-state index < -0.39 is 0 Å². The first-order chi connectivity index (χ1) is 7.17. The van der Waals surface area contributed by atoms with Crippen LogP contribution in [0.3, 0.4) is 0 Å². The Morgan fingerprint density at radius 1 is 1.33 bits per heavy atom. The molecule has 1 aliphatic carbocycles. The second-order valence-electron chi connectivity index (χ2n) is 4.63. The SMILES string of the molecule is COC1CC(N=C2NC(C)CC(C)S2)C1. The van der Waals surface area contributed by atoms with Crippen LogP contribution in [0.5, 0.6) is 0 Å². The number of ether oxygens (including phenoxy) is 1. The van der Waals surface area contributed by atoms with Crippen LogP contribution in [0.15, 0.2) is 4.99 Å². The third-order valence-electron chi connectivity index (χ3n) is 3.07. The predicted molar refractivity (Wildman–Crippen MR) is 65.5 cm³/mol. The van der Waals surface area contributed by atoms with Crippen molar-refractivity contribution < 1.29 is 4.74 Å². The lowest BCUT2D eigenvalue weighted by Crippen LogP contribution is -2.41. The summed E-state index contributed by atoms with van der Waals surface area (Å²) in [4.78, 5) is 4.73. The van der Waals surface area contributed by atoms with Crippen molar-refractivity contribution in [3.8, 4) is 0 Å². The van der Waals surface area contributed by atoms with E-state index in [4.69, 9.17) is 9.73 Å². The van der Waals surface area contributed by atoms with Gasteiger partial charge in [-0.2, -0.15) is 0 Å². The average Bonchev–Trinajstić information content (AvgIpc) is 2.08. The highest BCUT2D eigenvalue weighted by atomic mass is 32.2. The lowest BCUT2D eigenvalue weighted by Gasteiger charge is -2.33. The average molecular weight is 228 g/mol. The van der Waals surface area contributed by atoms with E-state index in [-0.39, 0.29) is 0 Å². The summed E-state index contributed by atoms with van der Waals surface area (Å²) in [6.07, 6.45) is 3.85. The normalized spacial score (nSPS) is 43.5. The Hall–Kier alpha value is -0.220. The van der Waals surface area contributed by atoms with Crippen LogP contribution in [0.2, 0.25) is 0 Å². The number of nitrogens with zero attached hydrogens (tertiary/aromatic N) is 1. The molecule has 0 spiro atoms. The van der Waals surface area contributed by atoms with E-state index in [1.54, 1.807) is 7.11 Å². The molecule has 0 aromatic carbocycles. The predicted octanol–water partition coefficient (Wildman–Crippen LogP) is 2.02. The van der Waals surface area contributed by atoms with Gasteiger partial charge in [0.2, 0.25) is 0 Å². The standard InChI is InChI=1S/C11H20N2OS/c1-7-4-8(2)15-11(12-7)13-9-5-10(6-9)14-3/h7-10H,4-6H2,1-3H3,(H,12,13). The van der Waals surface area contributed by atoms with E-state index in [2.05, 4.69) is 19.2 Å². The smallest absolute Gasteiger partial charge is 0.157 e. The van der Waals surface area contributed by atoms with Crippen molar-refractivity contribution >= 4 is 16.9 Å². The molecule has 0 aromatic rings. The zero-order valence-corrected chi connectivity index (χ0v) is 10.5. The van der Waals surface area contributed by atoms with Gasteiger partial charge >= 0.3 is 0 Å². The maximum absolute atomic E-state index is 5.25. The number of thioether (sulfide) groups is 1. The van der Waals surface area contributed by atoms with Crippen molar-refractivity contribution in [2.75, 3.05) is 7.11 Å². The molecule has 2 unspecified atom stereocenters. The van der Waals surface area contributed by atoms with E-state index >= 15 is 0 Å². The largest absolute Gasteiger partial charge is 0.381 e. The van der Waals surface area contributed by atoms with Crippen LogP contribution in [0.1, 0.15) is 33.1 Å². The number of amidine groups is 1. The second-order valence-corrected chi connectivity index (χ2v) is 6.05. The molecule has 86 valence electrons. The molecule has 1 saturated heterocycles. The third kappa shape index (κ3) is 2.88. The van der Waals surface area contributed by atoms with Crippen molar-refractivity contribution in [2.45, 2.75) is 56.5 Å². The minimum atomic E-state index is 0.447. The quantitative estimate of drug-likeness (QED) is 0.785. The third-order valence-corrected chi connectivity index (χ3v) is 4.11. The number of hydrogen-bond donors (Lipinski definition) is 1. The highest BCUT2D eigenvalue weighted by Gasteiger charge is 2.30. The van der Waals surface area contributed by atoms with Gasteiger partial charge in [-0.1, -0.05) is 18.7 Å². The molecule has 1 N–H and O–H groups in total. The molecule has 1 heterocycles. The summed E-state index contributed by atoms with van der Waals surface area (Å²) < 4.78 is 5.25. The van der Waals surface area contributed by atoms with E-state index in [1.807, 2.05) is 11.8 Å². The fourth-order valence-electron chi connectivity index (χ4n) is 2.11. The monoisotopic (exact) mass is 228 g/mol. The summed E-state index contributed by atoms with van der Waals surface area (Å²) in [7, 11) is 1.78. The van der Waals surface area contributed by atoms with Gasteiger partial charge in [-0.3, -0.25) is 4.99 Å². The van der Waals surface area contributed by atoms with Gasteiger partial charge in [0.15, 0.2) is 5.17 Å². The van der Waals surface area contributed by atoms with Crippen LogP contribution in [-0.2, 0) is 4.74 Å². The van der Waals surface area contributed by atoms with Crippen LogP contribution < -0.4 is 5.32 Å². The number of hydrogen-bond acceptors (Lipinski definition) is 3. The summed E-state index contributed by atoms with van der Waals surface area (Å²) in [6.45, 7) is 4.50. The Bertz CT molecular complexity index is 239. The molecule has 2 rings (SSSR count). The Balaban J connectivity index is 1.85. The Kier molecular flexibility index (Phi) is 3.57. The van der Waals surface area contributed by atoms with Crippen LogP contribution in [0, 0.1) is 0 Å². The second kappa shape index (κ2) is 4.74. The van der Waals surface area contributed by atoms with Gasteiger partial charge in [-0.05, 0) is 26.2 Å². The summed E-state index contributed by atoms with van der Waals surface area (Å²) in [5.41, 5.74) is 0. The van der Waals surface area contributed by atoms with E-state index in [1.165, 1.54) is 6.42 Å². The highest BCUT2D eigenvalue weighted by Crippen LogP contribution is 2.29. The zero-order chi connectivity index (χ0) is 10.8. The molecule has 0 radical (unpaired) electrons. The Labute approximate surface area is 96.1 Å². The minimum absolute atomic E-state index is 0.447. The van der Waals surface area contributed by atoms with Gasteiger partial charge in [-0.15, -0.1) is 0 Å². The topological polar surface area (TPSA) is 33.6 Å². The van der Waals surface area contributed by atoms with Crippen LogP contribution >= 0.6 is 11.8 Å². The van der Waals surface area contributed by atoms with Gasteiger partial charge in [0.25, 0.3) is 0 Å². The van der Waals surface area contributed by atoms with Crippen LogP contribution in [0.25, 0.3) is 0 Å². The van der Waals surface area contributed by atoms with E-state index in [0.29, 0.717) is 23.4 Å². The summed E-state index contributed by atoms with van der Waals surface area (Å²) in [5, 5.41) is 5.28. The Morgan fingerprint density at radius 2 is 2.07 bits per heavy atom. The maximum atomic E-state index is 5.25. The van der Waals surface area contributed by atoms with Gasteiger partial charge in [-0.25, -0.2) is 0 Å². The highest BCUT2D eigenvalue weighted by molar-refractivity contribution is 8.14. The fraction of sp³-hybridized carbons (Fsp3) is 0.909. The molecule has 0 aromatic heterocycles. The number of nitrogens with one attached hydrogen (secondary N) is 1. The molecule has 1 saturated carbocycles. The number of rotatable bonds is 2. The van der Waals surface area contributed by atoms with Crippen molar-refractivity contribution in [2.24, 2.45) is 4.99 Å². The molecule has 0 amide bonds. The number of methoxy groups -OCH3 is 1. The first kappa shape index (κ1) is 11.3. The molecule has 0 bridgehead atoms.